The maximum atomic E-state index is 11.7. The van der Waals surface area contributed by atoms with Gasteiger partial charge in [-0.05, 0) is 24.5 Å². The Labute approximate surface area is 100 Å². The minimum atomic E-state index is -3.67. The molecular weight excluding hydrogens is 245 g/mol. The molecule has 0 aromatic heterocycles. The molecule has 6 nitrogen and oxygen atoms in total. The highest BCUT2D eigenvalue weighted by Gasteiger charge is 2.16. The molecule has 0 spiro atoms. The number of aliphatic hydroxyl groups excluding tert-OH is 1. The van der Waals surface area contributed by atoms with Gasteiger partial charge in [0.05, 0.1) is 11.0 Å². The van der Waals surface area contributed by atoms with Crippen LogP contribution in [0.3, 0.4) is 0 Å². The Balaban J connectivity index is 2.85. The summed E-state index contributed by atoms with van der Waals surface area (Å²) < 4.78 is 25.6. The Kier molecular flexibility index (Phi) is 4.66. The van der Waals surface area contributed by atoms with Gasteiger partial charge >= 0.3 is 7.12 Å². The fourth-order valence-corrected chi connectivity index (χ4v) is 2.25. The van der Waals surface area contributed by atoms with Crippen LogP contribution in [0.2, 0.25) is 0 Å². The molecular formula is C9H14BNO5S. The molecule has 0 aliphatic heterocycles. The predicted molar refractivity (Wildman–Crippen MR) is 63.1 cm³/mol. The predicted octanol–water partition coefficient (Wildman–Crippen LogP) is -1.97. The quantitative estimate of drug-likeness (QED) is 0.459. The van der Waals surface area contributed by atoms with Crippen LogP contribution in [-0.4, -0.2) is 43.3 Å². The third-order valence-corrected chi connectivity index (χ3v) is 3.50. The highest BCUT2D eigenvalue weighted by atomic mass is 32.2. The van der Waals surface area contributed by atoms with E-state index in [1.165, 1.54) is 31.2 Å². The van der Waals surface area contributed by atoms with Crippen LogP contribution in [0.25, 0.3) is 0 Å². The zero-order chi connectivity index (χ0) is 13.1. The fraction of sp³-hybridized carbons (Fsp3) is 0.333. The number of benzene rings is 1. The topological polar surface area (TPSA) is 107 Å². The summed E-state index contributed by atoms with van der Waals surface area (Å²) in [6.07, 6.45) is -0.775. The molecule has 0 radical (unpaired) electrons. The van der Waals surface area contributed by atoms with Crippen LogP contribution in [0.15, 0.2) is 29.2 Å². The van der Waals surface area contributed by atoms with Gasteiger partial charge in [0, 0.05) is 6.54 Å². The second-order valence-electron chi connectivity index (χ2n) is 3.64. The minimum Gasteiger partial charge on any atom is -0.423 e. The summed E-state index contributed by atoms with van der Waals surface area (Å²) in [4.78, 5) is 0.00236. The van der Waals surface area contributed by atoms with Crippen molar-refractivity contribution in [2.45, 2.75) is 17.9 Å². The van der Waals surface area contributed by atoms with Crippen LogP contribution < -0.4 is 10.2 Å². The van der Waals surface area contributed by atoms with Crippen molar-refractivity contribution in [1.29, 1.82) is 0 Å². The number of sulfonamides is 1. The lowest BCUT2D eigenvalue weighted by molar-refractivity contribution is 0.198. The number of hydrogen-bond acceptors (Lipinski definition) is 5. The smallest absolute Gasteiger partial charge is 0.423 e. The zero-order valence-electron chi connectivity index (χ0n) is 9.24. The van der Waals surface area contributed by atoms with Crippen LogP contribution >= 0.6 is 0 Å². The molecule has 4 N–H and O–H groups in total. The van der Waals surface area contributed by atoms with Crippen molar-refractivity contribution in [3.8, 4) is 0 Å². The highest BCUT2D eigenvalue weighted by Crippen LogP contribution is 2.06. The molecule has 1 atom stereocenters. The van der Waals surface area contributed by atoms with E-state index in [-0.39, 0.29) is 16.9 Å². The second-order valence-corrected chi connectivity index (χ2v) is 5.41. The van der Waals surface area contributed by atoms with Crippen molar-refractivity contribution in [3.63, 3.8) is 0 Å². The molecule has 0 saturated carbocycles. The van der Waals surface area contributed by atoms with Gasteiger partial charge < -0.3 is 15.2 Å². The van der Waals surface area contributed by atoms with Gasteiger partial charge in [0.2, 0.25) is 10.0 Å². The lowest BCUT2D eigenvalue weighted by Crippen LogP contribution is -2.32. The molecule has 0 amide bonds. The first kappa shape index (κ1) is 14.1. The number of aliphatic hydroxyl groups is 1. The van der Waals surface area contributed by atoms with Crippen molar-refractivity contribution in [3.05, 3.63) is 24.3 Å². The summed E-state index contributed by atoms with van der Waals surface area (Å²) >= 11 is 0. The SMILES string of the molecule is C[C@H](O)CNS(=O)(=O)c1ccc(B(O)O)cc1. The van der Waals surface area contributed by atoms with Gasteiger partial charge in [-0.3, -0.25) is 0 Å². The van der Waals surface area contributed by atoms with E-state index in [4.69, 9.17) is 15.2 Å². The van der Waals surface area contributed by atoms with Crippen molar-refractivity contribution in [2.24, 2.45) is 0 Å². The molecule has 1 rings (SSSR count). The summed E-state index contributed by atoms with van der Waals surface area (Å²) in [6, 6.07) is 5.14. The van der Waals surface area contributed by atoms with Crippen molar-refractivity contribution >= 4 is 22.6 Å². The van der Waals surface area contributed by atoms with E-state index in [1.54, 1.807) is 0 Å². The third-order valence-electron chi connectivity index (χ3n) is 2.06. The Bertz CT molecular complexity index is 457. The van der Waals surface area contributed by atoms with Crippen LogP contribution in [0.1, 0.15) is 6.92 Å². The molecule has 0 aliphatic carbocycles. The van der Waals surface area contributed by atoms with Gasteiger partial charge in [-0.15, -0.1) is 0 Å². The van der Waals surface area contributed by atoms with E-state index in [2.05, 4.69) is 4.72 Å². The summed E-state index contributed by atoms with van der Waals surface area (Å²) in [5.74, 6) is 0. The molecule has 0 fully saturated rings. The van der Waals surface area contributed by atoms with Crippen LogP contribution in [0, 0.1) is 0 Å². The number of nitrogens with one attached hydrogen (secondary N) is 1. The maximum Gasteiger partial charge on any atom is 0.488 e. The molecule has 0 heterocycles. The van der Waals surface area contributed by atoms with Crippen molar-refractivity contribution in [2.75, 3.05) is 6.54 Å². The first-order valence-electron chi connectivity index (χ1n) is 4.97. The molecule has 1 aromatic rings. The molecule has 0 saturated heterocycles. The Morgan fingerprint density at radius 1 is 1.29 bits per heavy atom. The van der Waals surface area contributed by atoms with Gasteiger partial charge in [0.15, 0.2) is 0 Å². The average molecular weight is 259 g/mol. The summed E-state index contributed by atoms with van der Waals surface area (Å²) in [7, 11) is -5.30. The average Bonchev–Trinajstić information content (AvgIpc) is 2.27. The molecule has 0 bridgehead atoms. The molecule has 0 aliphatic rings. The molecule has 1 aromatic carbocycles. The van der Waals surface area contributed by atoms with Gasteiger partial charge in [0.25, 0.3) is 0 Å². The summed E-state index contributed by atoms with van der Waals surface area (Å²) in [5.41, 5.74) is 0.208. The molecule has 94 valence electrons. The molecule has 8 heteroatoms. The first-order valence-corrected chi connectivity index (χ1v) is 6.45. The van der Waals surface area contributed by atoms with Crippen LogP contribution in [0.4, 0.5) is 0 Å². The van der Waals surface area contributed by atoms with Gasteiger partial charge in [-0.25, -0.2) is 13.1 Å². The Hall–Kier alpha value is -0.925. The highest BCUT2D eigenvalue weighted by molar-refractivity contribution is 7.89. The van der Waals surface area contributed by atoms with E-state index in [9.17, 15) is 8.42 Å². The Morgan fingerprint density at radius 3 is 2.24 bits per heavy atom. The van der Waals surface area contributed by atoms with Crippen LogP contribution in [-0.2, 0) is 10.0 Å². The first-order chi connectivity index (χ1) is 7.83. The van der Waals surface area contributed by atoms with E-state index in [0.29, 0.717) is 0 Å². The minimum absolute atomic E-state index is 0.00236. The van der Waals surface area contributed by atoms with E-state index >= 15 is 0 Å². The maximum absolute atomic E-state index is 11.7. The largest absolute Gasteiger partial charge is 0.488 e. The number of hydrogen-bond donors (Lipinski definition) is 4. The van der Waals surface area contributed by atoms with Crippen molar-refractivity contribution < 1.29 is 23.6 Å². The Morgan fingerprint density at radius 2 is 1.82 bits per heavy atom. The van der Waals surface area contributed by atoms with Gasteiger partial charge in [-0.2, -0.15) is 0 Å². The zero-order valence-corrected chi connectivity index (χ0v) is 10.1. The fourth-order valence-electron chi connectivity index (χ4n) is 1.13. The van der Waals surface area contributed by atoms with Gasteiger partial charge in [0.1, 0.15) is 0 Å². The van der Waals surface area contributed by atoms with E-state index < -0.39 is 23.2 Å². The van der Waals surface area contributed by atoms with E-state index in [1.807, 2.05) is 0 Å². The standard InChI is InChI=1S/C9H14BNO5S/c1-7(12)6-11-17(15,16)9-4-2-8(3-5-9)10(13)14/h2-5,7,11-14H,6H2,1H3/t7-/m0/s1. The van der Waals surface area contributed by atoms with E-state index in [0.717, 1.165) is 0 Å². The second kappa shape index (κ2) is 5.61. The lowest BCUT2D eigenvalue weighted by atomic mass is 9.81. The normalized spacial score (nSPS) is 13.4. The summed E-state index contributed by atoms with van der Waals surface area (Å²) in [6.45, 7) is 1.39. The summed E-state index contributed by atoms with van der Waals surface area (Å²) in [5, 5.41) is 26.7. The van der Waals surface area contributed by atoms with Gasteiger partial charge in [-0.1, -0.05) is 12.1 Å². The van der Waals surface area contributed by atoms with Crippen LogP contribution in [0.5, 0.6) is 0 Å². The monoisotopic (exact) mass is 259 g/mol. The van der Waals surface area contributed by atoms with Crippen molar-refractivity contribution in [1.82, 2.24) is 4.72 Å². The molecule has 0 unspecified atom stereocenters. The number of rotatable bonds is 5. The lowest BCUT2D eigenvalue weighted by Gasteiger charge is -2.08. The molecule has 17 heavy (non-hydrogen) atoms. The third kappa shape index (κ3) is 4.10.